The van der Waals surface area contributed by atoms with Crippen molar-refractivity contribution in [1.82, 2.24) is 4.90 Å². The first kappa shape index (κ1) is 18.3. The molecule has 1 saturated heterocycles. The Morgan fingerprint density at radius 1 is 1.33 bits per heavy atom. The minimum absolute atomic E-state index is 0.00537. The lowest BCUT2D eigenvalue weighted by atomic mass is 9.75. The highest BCUT2D eigenvalue weighted by Crippen LogP contribution is 2.42. The average Bonchev–Trinajstić information content (AvgIpc) is 2.46. The number of aliphatic hydroxyl groups is 1. The summed E-state index contributed by atoms with van der Waals surface area (Å²) in [5, 5.41) is 19.8. The zero-order valence-corrected chi connectivity index (χ0v) is 13.8. The molecule has 0 spiro atoms. The van der Waals surface area contributed by atoms with Gasteiger partial charge in [-0.15, -0.1) is 0 Å². The Kier molecular flexibility index (Phi) is 4.94. The van der Waals surface area contributed by atoms with E-state index in [-0.39, 0.29) is 18.4 Å². The van der Waals surface area contributed by atoms with Gasteiger partial charge < -0.3 is 15.1 Å². The zero-order chi connectivity index (χ0) is 18.2. The van der Waals surface area contributed by atoms with Crippen LogP contribution in [0.25, 0.3) is 0 Å². The highest BCUT2D eigenvalue weighted by atomic mass is 19.1. The lowest BCUT2D eigenvalue weighted by Gasteiger charge is -2.48. The van der Waals surface area contributed by atoms with Crippen LogP contribution >= 0.6 is 0 Å². The zero-order valence-electron chi connectivity index (χ0n) is 13.8. The molecule has 7 heteroatoms. The lowest BCUT2D eigenvalue weighted by molar-refractivity contribution is -0.170. The maximum atomic E-state index is 13.6. The molecule has 132 valence electrons. The number of carboxylic acids is 1. The summed E-state index contributed by atoms with van der Waals surface area (Å²) in [6.45, 7) is 4.68. The maximum absolute atomic E-state index is 13.6. The fourth-order valence-electron chi connectivity index (χ4n) is 3.15. The van der Waals surface area contributed by atoms with Crippen LogP contribution in [0.3, 0.4) is 0 Å². The molecule has 2 rings (SSSR count). The average molecular weight is 341 g/mol. The second-order valence-electron chi connectivity index (χ2n) is 6.67. The number of carbonyl (C=O) groups excluding carboxylic acids is 1. The molecule has 3 atom stereocenters. The first-order valence-electron chi connectivity index (χ1n) is 7.79. The van der Waals surface area contributed by atoms with Crippen LogP contribution in [-0.2, 0) is 9.59 Å². The number of likely N-dealkylation sites (tertiary alicyclic amines) is 1. The molecule has 1 fully saturated rings. The molecule has 1 aromatic rings. The Hall–Kier alpha value is -2.02. The van der Waals surface area contributed by atoms with E-state index >= 15 is 0 Å². The van der Waals surface area contributed by atoms with Gasteiger partial charge in [0.05, 0.1) is 17.6 Å². The summed E-state index contributed by atoms with van der Waals surface area (Å²) in [5.41, 5.74) is -1.04. The predicted molar refractivity (Wildman–Crippen MR) is 82.1 cm³/mol. The van der Waals surface area contributed by atoms with Crippen LogP contribution in [0, 0.1) is 17.0 Å². The standard InChI is InChI=1S/C17H21F2NO4/c1-4-12(15(22)23)20-13(8-14(21)17(2,3)16(20)24)9-5-10(18)7-11(19)6-9/h5-7,12-14,21H,4,8H2,1-3H3,(H,22,23)/t12?,13-,14+/m1/s1. The Balaban J connectivity index is 2.57. The molecule has 24 heavy (non-hydrogen) atoms. The molecule has 5 nitrogen and oxygen atoms in total. The van der Waals surface area contributed by atoms with Crippen LogP contribution in [0.1, 0.15) is 45.2 Å². The van der Waals surface area contributed by atoms with Crippen molar-refractivity contribution in [3.63, 3.8) is 0 Å². The van der Waals surface area contributed by atoms with Crippen molar-refractivity contribution >= 4 is 11.9 Å². The summed E-state index contributed by atoms with van der Waals surface area (Å²) < 4.78 is 27.2. The summed E-state index contributed by atoms with van der Waals surface area (Å²) >= 11 is 0. The number of aliphatic carboxylic acids is 1. The molecule has 1 amide bonds. The molecule has 1 aliphatic rings. The number of hydrogen-bond acceptors (Lipinski definition) is 3. The molecular weight excluding hydrogens is 320 g/mol. The predicted octanol–water partition coefficient (Wildman–Crippen LogP) is 2.49. The number of hydrogen-bond donors (Lipinski definition) is 2. The van der Waals surface area contributed by atoms with Gasteiger partial charge in [-0.05, 0) is 44.4 Å². The Morgan fingerprint density at radius 3 is 2.33 bits per heavy atom. The summed E-state index contributed by atoms with van der Waals surface area (Å²) in [6.07, 6.45) is -0.906. The number of piperidine rings is 1. The third-order valence-corrected chi connectivity index (χ3v) is 4.68. The van der Waals surface area contributed by atoms with Gasteiger partial charge in [-0.1, -0.05) is 6.92 Å². The van der Waals surface area contributed by atoms with E-state index < -0.39 is 47.1 Å². The molecule has 0 saturated carbocycles. The van der Waals surface area contributed by atoms with E-state index in [9.17, 15) is 28.6 Å². The third-order valence-electron chi connectivity index (χ3n) is 4.68. The van der Waals surface area contributed by atoms with E-state index in [2.05, 4.69) is 0 Å². The molecule has 1 unspecified atom stereocenters. The first-order valence-corrected chi connectivity index (χ1v) is 7.79. The van der Waals surface area contributed by atoms with Gasteiger partial charge in [0.15, 0.2) is 0 Å². The molecule has 0 radical (unpaired) electrons. The van der Waals surface area contributed by atoms with Gasteiger partial charge in [-0.3, -0.25) is 4.79 Å². The van der Waals surface area contributed by atoms with Crippen LogP contribution in [-0.4, -0.2) is 39.1 Å². The summed E-state index contributed by atoms with van der Waals surface area (Å²) in [6, 6.07) is 0.779. The van der Waals surface area contributed by atoms with E-state index in [0.29, 0.717) is 6.07 Å². The van der Waals surface area contributed by atoms with Crippen LogP contribution in [0.15, 0.2) is 18.2 Å². The Morgan fingerprint density at radius 2 is 1.88 bits per heavy atom. The number of carboxylic acid groups (broad SMARTS) is 1. The number of benzene rings is 1. The van der Waals surface area contributed by atoms with Gasteiger partial charge in [0.2, 0.25) is 5.91 Å². The van der Waals surface area contributed by atoms with E-state index in [1.165, 1.54) is 13.8 Å². The number of amides is 1. The van der Waals surface area contributed by atoms with Gasteiger partial charge in [0.25, 0.3) is 0 Å². The van der Waals surface area contributed by atoms with Crippen LogP contribution < -0.4 is 0 Å². The van der Waals surface area contributed by atoms with Crippen molar-refractivity contribution in [3.05, 3.63) is 35.4 Å². The van der Waals surface area contributed by atoms with Crippen LogP contribution in [0.4, 0.5) is 8.78 Å². The van der Waals surface area contributed by atoms with Gasteiger partial charge in [0, 0.05) is 6.07 Å². The molecule has 0 aliphatic carbocycles. The molecule has 2 N–H and O–H groups in total. The van der Waals surface area contributed by atoms with Crippen LogP contribution in [0.2, 0.25) is 0 Å². The van der Waals surface area contributed by atoms with Crippen molar-refractivity contribution in [2.24, 2.45) is 5.41 Å². The number of carbonyl (C=O) groups is 2. The van der Waals surface area contributed by atoms with E-state index in [0.717, 1.165) is 17.0 Å². The molecule has 0 aromatic heterocycles. The smallest absolute Gasteiger partial charge is 0.326 e. The number of rotatable bonds is 4. The lowest BCUT2D eigenvalue weighted by Crippen LogP contribution is -2.59. The molecular formula is C17H21F2NO4. The molecule has 1 aliphatic heterocycles. The minimum Gasteiger partial charge on any atom is -0.480 e. The van der Waals surface area contributed by atoms with Crippen LogP contribution in [0.5, 0.6) is 0 Å². The van der Waals surface area contributed by atoms with Crippen molar-refractivity contribution in [1.29, 1.82) is 0 Å². The van der Waals surface area contributed by atoms with Crippen molar-refractivity contribution < 1.29 is 28.6 Å². The number of aliphatic hydroxyl groups excluding tert-OH is 1. The second kappa shape index (κ2) is 6.47. The summed E-state index contributed by atoms with van der Waals surface area (Å²) in [4.78, 5) is 25.5. The van der Waals surface area contributed by atoms with E-state index in [4.69, 9.17) is 0 Å². The van der Waals surface area contributed by atoms with E-state index in [1.807, 2.05) is 0 Å². The van der Waals surface area contributed by atoms with Crippen molar-refractivity contribution in [3.8, 4) is 0 Å². The summed E-state index contributed by atoms with van der Waals surface area (Å²) in [7, 11) is 0. The highest BCUT2D eigenvalue weighted by molar-refractivity contribution is 5.88. The maximum Gasteiger partial charge on any atom is 0.326 e. The normalized spacial score (nSPS) is 24.8. The molecule has 1 aromatic carbocycles. The summed E-state index contributed by atoms with van der Waals surface area (Å²) in [5.74, 6) is -3.38. The van der Waals surface area contributed by atoms with Crippen molar-refractivity contribution in [2.45, 2.75) is 51.8 Å². The number of halogens is 2. The monoisotopic (exact) mass is 341 g/mol. The highest BCUT2D eigenvalue weighted by Gasteiger charge is 2.50. The van der Waals surface area contributed by atoms with Gasteiger partial charge >= 0.3 is 5.97 Å². The molecule has 1 heterocycles. The fraction of sp³-hybridized carbons (Fsp3) is 0.529. The number of nitrogens with zero attached hydrogens (tertiary/aromatic N) is 1. The van der Waals surface area contributed by atoms with Gasteiger partial charge in [0.1, 0.15) is 17.7 Å². The fourth-order valence-corrected chi connectivity index (χ4v) is 3.15. The van der Waals surface area contributed by atoms with Crippen molar-refractivity contribution in [2.75, 3.05) is 0 Å². The minimum atomic E-state index is -1.19. The second-order valence-corrected chi connectivity index (χ2v) is 6.67. The Bertz CT molecular complexity index is 642. The van der Waals surface area contributed by atoms with E-state index in [1.54, 1.807) is 6.92 Å². The van der Waals surface area contributed by atoms with Gasteiger partial charge in [-0.25, -0.2) is 13.6 Å². The third kappa shape index (κ3) is 3.13. The Labute approximate surface area is 138 Å². The van der Waals surface area contributed by atoms with Gasteiger partial charge in [-0.2, -0.15) is 0 Å². The topological polar surface area (TPSA) is 77.8 Å². The first-order chi connectivity index (χ1) is 11.1. The largest absolute Gasteiger partial charge is 0.480 e. The quantitative estimate of drug-likeness (QED) is 0.882. The SMILES string of the molecule is CCC(C(=O)O)N1C(=O)C(C)(C)[C@@H](O)C[C@@H]1c1cc(F)cc(F)c1. The molecule has 0 bridgehead atoms.